The molecule has 0 aromatic carbocycles. The number of rotatable bonds is 2. The molecule has 0 bridgehead atoms. The van der Waals surface area contributed by atoms with Crippen molar-refractivity contribution in [1.82, 2.24) is 4.98 Å². The number of pyridine rings is 1. The molecule has 4 nitrogen and oxygen atoms in total. The summed E-state index contributed by atoms with van der Waals surface area (Å²) in [5.41, 5.74) is -1.05. The molecule has 7 heteroatoms. The molecule has 1 saturated carbocycles. The Bertz CT molecular complexity index is 570. The van der Waals surface area contributed by atoms with Crippen molar-refractivity contribution in [3.8, 4) is 0 Å². The lowest BCUT2D eigenvalue weighted by Gasteiger charge is -2.41. The third-order valence-corrected chi connectivity index (χ3v) is 4.69. The molecule has 0 amide bonds. The van der Waals surface area contributed by atoms with Crippen molar-refractivity contribution in [2.24, 2.45) is 11.3 Å². The summed E-state index contributed by atoms with van der Waals surface area (Å²) in [6.07, 6.45) is -0.677. The van der Waals surface area contributed by atoms with E-state index < -0.39 is 23.6 Å². The van der Waals surface area contributed by atoms with Crippen molar-refractivity contribution in [3.05, 3.63) is 23.9 Å². The van der Waals surface area contributed by atoms with Gasteiger partial charge in [-0.1, -0.05) is 6.42 Å². The van der Waals surface area contributed by atoms with Gasteiger partial charge in [0.25, 0.3) is 0 Å². The number of aliphatic carboxylic acids is 1. The second-order valence-electron chi connectivity index (χ2n) is 5.89. The van der Waals surface area contributed by atoms with Gasteiger partial charge in [0.2, 0.25) is 0 Å². The Hall–Kier alpha value is -1.79. The molecular formula is C14H15F3N2O2. The van der Waals surface area contributed by atoms with Crippen molar-refractivity contribution in [1.29, 1.82) is 0 Å². The first-order chi connectivity index (χ1) is 9.82. The molecule has 3 rings (SSSR count). The number of hydrogen-bond donors (Lipinski definition) is 1. The standard InChI is InChI=1S/C14H15F3N2O2/c15-14(16,17)9-2-5-18-11(6-9)19-7-10(12(20)21)13(8-19)3-1-4-13/h2,5-6,10H,1,3-4,7-8H2,(H,20,21)/t10-/m1/s1. The molecule has 2 fully saturated rings. The normalized spacial score (nSPS) is 24.1. The number of carbonyl (C=O) groups is 1. The highest BCUT2D eigenvalue weighted by molar-refractivity contribution is 5.73. The maximum Gasteiger partial charge on any atom is 0.416 e. The van der Waals surface area contributed by atoms with Crippen molar-refractivity contribution in [3.63, 3.8) is 0 Å². The monoisotopic (exact) mass is 300 g/mol. The molecule has 21 heavy (non-hydrogen) atoms. The molecule has 1 atom stereocenters. The van der Waals surface area contributed by atoms with Crippen LogP contribution in [0.25, 0.3) is 0 Å². The molecule has 1 aliphatic heterocycles. The maximum atomic E-state index is 12.7. The minimum Gasteiger partial charge on any atom is -0.481 e. The fourth-order valence-corrected chi connectivity index (χ4v) is 3.39. The lowest BCUT2D eigenvalue weighted by Crippen LogP contribution is -2.40. The van der Waals surface area contributed by atoms with E-state index >= 15 is 0 Å². The van der Waals surface area contributed by atoms with Crippen LogP contribution < -0.4 is 4.90 Å². The number of hydrogen-bond acceptors (Lipinski definition) is 3. The average molecular weight is 300 g/mol. The maximum absolute atomic E-state index is 12.7. The fraction of sp³-hybridized carbons (Fsp3) is 0.571. The van der Waals surface area contributed by atoms with Crippen molar-refractivity contribution >= 4 is 11.8 Å². The SMILES string of the molecule is O=C(O)[C@H]1CN(c2cc(C(F)(F)F)ccn2)CC12CCC2. The highest BCUT2D eigenvalue weighted by atomic mass is 19.4. The molecule has 2 aliphatic rings. The lowest BCUT2D eigenvalue weighted by atomic mass is 9.63. The van der Waals surface area contributed by atoms with Crippen LogP contribution in [-0.2, 0) is 11.0 Å². The topological polar surface area (TPSA) is 53.4 Å². The Balaban J connectivity index is 1.87. The molecule has 1 spiro atoms. The fourth-order valence-electron chi connectivity index (χ4n) is 3.39. The highest BCUT2D eigenvalue weighted by Gasteiger charge is 2.53. The van der Waals surface area contributed by atoms with E-state index in [4.69, 9.17) is 0 Å². The number of anilines is 1. The minimum atomic E-state index is -4.42. The number of aromatic nitrogens is 1. The Morgan fingerprint density at radius 1 is 1.43 bits per heavy atom. The summed E-state index contributed by atoms with van der Waals surface area (Å²) >= 11 is 0. The predicted octanol–water partition coefficient (Wildman–Crippen LogP) is 2.79. The van der Waals surface area contributed by atoms with Gasteiger partial charge in [-0.25, -0.2) is 4.98 Å². The van der Waals surface area contributed by atoms with Crippen LogP contribution in [0.2, 0.25) is 0 Å². The number of carboxylic acid groups (broad SMARTS) is 1. The number of alkyl halides is 3. The van der Waals surface area contributed by atoms with Gasteiger partial charge in [0.05, 0.1) is 11.5 Å². The molecule has 1 N–H and O–H groups in total. The van der Waals surface area contributed by atoms with E-state index in [1.807, 2.05) is 0 Å². The van der Waals surface area contributed by atoms with Crippen LogP contribution in [0.4, 0.5) is 19.0 Å². The Morgan fingerprint density at radius 2 is 2.14 bits per heavy atom. The highest BCUT2D eigenvalue weighted by Crippen LogP contribution is 2.52. The molecule has 1 saturated heterocycles. The first kappa shape index (κ1) is 14.2. The zero-order valence-electron chi connectivity index (χ0n) is 11.2. The van der Waals surface area contributed by atoms with E-state index in [1.165, 1.54) is 0 Å². The molecule has 0 radical (unpaired) electrons. The first-order valence-electron chi connectivity index (χ1n) is 6.83. The third kappa shape index (κ3) is 2.34. The van der Waals surface area contributed by atoms with Crippen LogP contribution in [0.1, 0.15) is 24.8 Å². The second kappa shape index (κ2) is 4.61. The summed E-state index contributed by atoms with van der Waals surface area (Å²) in [6.45, 7) is 0.696. The van der Waals surface area contributed by atoms with Gasteiger partial charge in [-0.05, 0) is 25.0 Å². The van der Waals surface area contributed by atoms with E-state index in [0.29, 0.717) is 6.54 Å². The molecule has 2 heterocycles. The largest absolute Gasteiger partial charge is 0.481 e. The van der Waals surface area contributed by atoms with E-state index in [-0.39, 0.29) is 17.8 Å². The summed E-state index contributed by atoms with van der Waals surface area (Å²) in [4.78, 5) is 17.0. The lowest BCUT2D eigenvalue weighted by molar-refractivity contribution is -0.146. The molecule has 1 aromatic rings. The van der Waals surface area contributed by atoms with E-state index in [1.54, 1.807) is 4.90 Å². The second-order valence-corrected chi connectivity index (χ2v) is 5.89. The first-order valence-corrected chi connectivity index (χ1v) is 6.83. The molecule has 0 unspecified atom stereocenters. The summed E-state index contributed by atoms with van der Waals surface area (Å²) in [7, 11) is 0. The van der Waals surface area contributed by atoms with Gasteiger partial charge in [-0.2, -0.15) is 13.2 Å². The van der Waals surface area contributed by atoms with Crippen LogP contribution in [0, 0.1) is 11.3 Å². The Morgan fingerprint density at radius 3 is 2.62 bits per heavy atom. The van der Waals surface area contributed by atoms with Gasteiger partial charge in [0, 0.05) is 24.7 Å². The predicted molar refractivity (Wildman–Crippen MR) is 68.9 cm³/mol. The Kier molecular flexibility index (Phi) is 3.11. The van der Waals surface area contributed by atoms with E-state index in [2.05, 4.69) is 4.98 Å². The van der Waals surface area contributed by atoms with Gasteiger partial charge in [-0.15, -0.1) is 0 Å². The zero-order valence-corrected chi connectivity index (χ0v) is 11.2. The van der Waals surface area contributed by atoms with E-state index in [0.717, 1.165) is 37.6 Å². The quantitative estimate of drug-likeness (QED) is 0.912. The van der Waals surface area contributed by atoms with Crippen LogP contribution >= 0.6 is 0 Å². The summed E-state index contributed by atoms with van der Waals surface area (Å²) in [5, 5.41) is 9.34. The van der Waals surface area contributed by atoms with Crippen LogP contribution in [-0.4, -0.2) is 29.1 Å². The van der Waals surface area contributed by atoms with Crippen molar-refractivity contribution in [2.45, 2.75) is 25.4 Å². The van der Waals surface area contributed by atoms with Crippen molar-refractivity contribution < 1.29 is 23.1 Å². The van der Waals surface area contributed by atoms with Gasteiger partial charge in [0.15, 0.2) is 0 Å². The molecule has 1 aliphatic carbocycles. The van der Waals surface area contributed by atoms with Crippen LogP contribution in [0.15, 0.2) is 18.3 Å². The summed E-state index contributed by atoms with van der Waals surface area (Å²) < 4.78 is 38.2. The van der Waals surface area contributed by atoms with Crippen LogP contribution in [0.3, 0.4) is 0 Å². The third-order valence-electron chi connectivity index (χ3n) is 4.69. The average Bonchev–Trinajstić information content (AvgIpc) is 2.78. The summed E-state index contributed by atoms with van der Waals surface area (Å²) in [5.74, 6) is -1.19. The van der Waals surface area contributed by atoms with Gasteiger partial charge >= 0.3 is 12.1 Å². The van der Waals surface area contributed by atoms with Crippen LogP contribution in [0.5, 0.6) is 0 Å². The number of halogens is 3. The number of carboxylic acids is 1. The minimum absolute atomic E-state index is 0.208. The zero-order chi connectivity index (χ0) is 15.3. The Labute approximate surface area is 119 Å². The van der Waals surface area contributed by atoms with Gasteiger partial charge in [-0.3, -0.25) is 4.79 Å². The summed E-state index contributed by atoms with van der Waals surface area (Å²) in [6, 6.07) is 1.92. The number of nitrogens with zero attached hydrogens (tertiary/aromatic N) is 2. The smallest absolute Gasteiger partial charge is 0.416 e. The molecular weight excluding hydrogens is 285 g/mol. The van der Waals surface area contributed by atoms with E-state index in [9.17, 15) is 23.1 Å². The van der Waals surface area contributed by atoms with Crippen molar-refractivity contribution in [2.75, 3.05) is 18.0 Å². The van der Waals surface area contributed by atoms with Gasteiger partial charge < -0.3 is 10.0 Å². The molecule has 114 valence electrons. The molecule has 1 aromatic heterocycles. The van der Waals surface area contributed by atoms with Gasteiger partial charge in [0.1, 0.15) is 5.82 Å².